The van der Waals surface area contributed by atoms with E-state index in [9.17, 15) is 4.79 Å². The zero-order chi connectivity index (χ0) is 22.1. The molecule has 0 saturated carbocycles. The Hall–Kier alpha value is -1.95. The van der Waals surface area contributed by atoms with Gasteiger partial charge in [0.25, 0.3) is 0 Å². The Morgan fingerprint density at radius 1 is 1.29 bits per heavy atom. The lowest BCUT2D eigenvalue weighted by atomic mass is 10.2. The van der Waals surface area contributed by atoms with Gasteiger partial charge in [0.05, 0.1) is 18.3 Å². The number of hydrogen-bond acceptors (Lipinski definition) is 7. The normalized spacial score (nSPS) is 12.0. The third-order valence-electron chi connectivity index (χ3n) is 4.58. The molecule has 2 rings (SSSR count). The van der Waals surface area contributed by atoms with Gasteiger partial charge >= 0.3 is 5.97 Å². The Balaban J connectivity index is 0.00000480. The van der Waals surface area contributed by atoms with Crippen LogP contribution in [0.15, 0.2) is 23.3 Å². The van der Waals surface area contributed by atoms with E-state index in [2.05, 4.69) is 50.4 Å². The molecule has 0 radical (unpaired) electrons. The van der Waals surface area contributed by atoms with Crippen molar-refractivity contribution in [1.82, 2.24) is 20.6 Å². The molecule has 10 heteroatoms. The predicted octanol–water partition coefficient (Wildman–Crippen LogP) is 3.91. The highest BCUT2D eigenvalue weighted by Gasteiger charge is 2.20. The number of carbonyl (C=O) groups excluding carboxylic acids is 1. The average molecular weight is 561 g/mol. The number of anilines is 1. The lowest BCUT2D eigenvalue weighted by Gasteiger charge is -2.20. The minimum atomic E-state index is -0.325. The summed E-state index contributed by atoms with van der Waals surface area (Å²) >= 11 is 1.35. The number of hydrogen-bond donors (Lipinski definition) is 2. The third kappa shape index (κ3) is 7.60. The smallest absolute Gasteiger partial charge is 0.350 e. The van der Waals surface area contributed by atoms with Crippen LogP contribution in [0.25, 0.3) is 0 Å². The monoisotopic (exact) mass is 560 g/mol. The van der Waals surface area contributed by atoms with E-state index in [1.165, 1.54) is 11.3 Å². The van der Waals surface area contributed by atoms with E-state index in [-0.39, 0.29) is 36.0 Å². The van der Waals surface area contributed by atoms with Crippen LogP contribution in [0.1, 0.15) is 59.7 Å². The van der Waals surface area contributed by atoms with Crippen molar-refractivity contribution in [1.29, 1.82) is 0 Å². The number of nitrogens with zero attached hydrogens (tertiary/aromatic N) is 4. The van der Waals surface area contributed by atoms with Crippen LogP contribution in [0.4, 0.5) is 5.82 Å². The zero-order valence-electron chi connectivity index (χ0n) is 19.1. The molecule has 2 aromatic rings. The van der Waals surface area contributed by atoms with E-state index in [0.717, 1.165) is 29.5 Å². The molecule has 0 aromatic carbocycles. The average Bonchev–Trinajstić information content (AvgIpc) is 3.15. The van der Waals surface area contributed by atoms with Gasteiger partial charge < -0.3 is 20.3 Å². The number of aliphatic imine (C=N–C) groups is 1. The van der Waals surface area contributed by atoms with Crippen molar-refractivity contribution in [3.63, 3.8) is 0 Å². The topological polar surface area (TPSA) is 91.7 Å². The standard InChI is InChI=1S/C21H32N6O2S.HI/c1-7-27(8-2)17-11-10-16(12-23-17)13-24-21(22-6)26-15(5)19-25-14(4)18(30-19)20(28)29-9-3;/h10-12,15H,7-9,13H2,1-6H3,(H2,22,24,26);1H. The van der Waals surface area contributed by atoms with Gasteiger partial charge in [-0.3, -0.25) is 4.99 Å². The Bertz CT molecular complexity index is 852. The van der Waals surface area contributed by atoms with E-state index >= 15 is 0 Å². The van der Waals surface area contributed by atoms with Crippen LogP contribution < -0.4 is 15.5 Å². The molecule has 1 unspecified atom stereocenters. The molecular weight excluding hydrogens is 527 g/mol. The van der Waals surface area contributed by atoms with Crippen molar-refractivity contribution in [2.75, 3.05) is 31.6 Å². The van der Waals surface area contributed by atoms with Crippen LogP contribution >= 0.6 is 35.3 Å². The first kappa shape index (κ1) is 27.1. The highest BCUT2D eigenvalue weighted by Crippen LogP contribution is 2.24. The molecular formula is C21H33IN6O2S. The van der Waals surface area contributed by atoms with E-state index in [1.807, 2.05) is 26.1 Å². The summed E-state index contributed by atoms with van der Waals surface area (Å²) in [6.07, 6.45) is 1.88. The summed E-state index contributed by atoms with van der Waals surface area (Å²) in [5.74, 6) is 1.31. The summed E-state index contributed by atoms with van der Waals surface area (Å²) < 4.78 is 5.10. The molecule has 1 atom stereocenters. The van der Waals surface area contributed by atoms with Gasteiger partial charge in [0.2, 0.25) is 0 Å². The Morgan fingerprint density at radius 2 is 2.00 bits per heavy atom. The van der Waals surface area contributed by atoms with E-state index < -0.39 is 0 Å². The first-order valence-corrected chi connectivity index (χ1v) is 11.1. The SMILES string of the molecule is CCOC(=O)c1sc(C(C)NC(=NC)NCc2ccc(N(CC)CC)nc2)nc1C.I. The molecule has 0 bridgehead atoms. The molecule has 8 nitrogen and oxygen atoms in total. The van der Waals surface area contributed by atoms with Gasteiger partial charge in [0.1, 0.15) is 15.7 Å². The number of rotatable bonds is 9. The first-order valence-electron chi connectivity index (χ1n) is 10.2. The highest BCUT2D eigenvalue weighted by molar-refractivity contribution is 14.0. The number of halogens is 1. The van der Waals surface area contributed by atoms with Gasteiger partial charge in [0, 0.05) is 32.9 Å². The summed E-state index contributed by atoms with van der Waals surface area (Å²) in [4.78, 5) is 28.1. The van der Waals surface area contributed by atoms with Gasteiger partial charge in [-0.15, -0.1) is 35.3 Å². The maximum atomic E-state index is 12.0. The number of esters is 1. The lowest BCUT2D eigenvalue weighted by molar-refractivity contribution is 0.0531. The van der Waals surface area contributed by atoms with Crippen LogP contribution in [0, 0.1) is 6.92 Å². The number of aryl methyl sites for hydroxylation is 1. The fourth-order valence-electron chi connectivity index (χ4n) is 2.89. The van der Waals surface area contributed by atoms with Crippen LogP contribution in [0.5, 0.6) is 0 Å². The number of nitrogens with one attached hydrogen (secondary N) is 2. The molecule has 31 heavy (non-hydrogen) atoms. The summed E-state index contributed by atoms with van der Waals surface area (Å²) in [5.41, 5.74) is 1.75. The summed E-state index contributed by atoms with van der Waals surface area (Å²) in [5, 5.41) is 7.43. The number of ether oxygens (including phenoxy) is 1. The van der Waals surface area contributed by atoms with Crippen molar-refractivity contribution in [2.24, 2.45) is 4.99 Å². The molecule has 2 heterocycles. The van der Waals surface area contributed by atoms with Crippen LogP contribution in [-0.4, -0.2) is 48.6 Å². The number of guanidine groups is 1. The summed E-state index contributed by atoms with van der Waals surface area (Å²) in [6.45, 7) is 12.7. The van der Waals surface area contributed by atoms with E-state index in [0.29, 0.717) is 29.7 Å². The number of thiazole rings is 1. The molecule has 0 aliphatic heterocycles. The van der Waals surface area contributed by atoms with Crippen LogP contribution in [0.2, 0.25) is 0 Å². The summed E-state index contributed by atoms with van der Waals surface area (Å²) in [7, 11) is 1.72. The van der Waals surface area contributed by atoms with Crippen molar-refractivity contribution in [2.45, 2.75) is 47.2 Å². The molecule has 172 valence electrons. The quantitative estimate of drug-likeness (QED) is 0.208. The lowest BCUT2D eigenvalue weighted by Crippen LogP contribution is -2.38. The van der Waals surface area contributed by atoms with Gasteiger partial charge in [-0.2, -0.15) is 0 Å². The molecule has 0 amide bonds. The van der Waals surface area contributed by atoms with Gasteiger partial charge in [-0.05, 0) is 46.2 Å². The molecule has 2 N–H and O–H groups in total. The number of aromatic nitrogens is 2. The van der Waals surface area contributed by atoms with Crippen molar-refractivity contribution >= 4 is 53.1 Å². The van der Waals surface area contributed by atoms with Crippen molar-refractivity contribution in [3.05, 3.63) is 39.5 Å². The second-order valence-electron chi connectivity index (χ2n) is 6.68. The number of carbonyl (C=O) groups is 1. The van der Waals surface area contributed by atoms with Crippen molar-refractivity contribution < 1.29 is 9.53 Å². The third-order valence-corrected chi connectivity index (χ3v) is 5.90. The maximum absolute atomic E-state index is 12.0. The highest BCUT2D eigenvalue weighted by atomic mass is 127. The second kappa shape index (κ2) is 13.5. The van der Waals surface area contributed by atoms with Crippen molar-refractivity contribution in [3.8, 4) is 0 Å². The first-order chi connectivity index (χ1) is 14.4. The van der Waals surface area contributed by atoms with Crippen LogP contribution in [-0.2, 0) is 11.3 Å². The zero-order valence-corrected chi connectivity index (χ0v) is 22.2. The molecule has 0 spiro atoms. The van der Waals surface area contributed by atoms with Gasteiger partial charge in [0.15, 0.2) is 5.96 Å². The molecule has 0 saturated heterocycles. The molecule has 0 aliphatic rings. The Kier molecular flexibility index (Phi) is 11.8. The Labute approximate surface area is 205 Å². The molecule has 0 aliphatic carbocycles. The Morgan fingerprint density at radius 3 is 2.55 bits per heavy atom. The predicted molar refractivity (Wildman–Crippen MR) is 138 cm³/mol. The van der Waals surface area contributed by atoms with E-state index in [4.69, 9.17) is 4.74 Å². The minimum absolute atomic E-state index is 0. The van der Waals surface area contributed by atoms with Crippen LogP contribution in [0.3, 0.4) is 0 Å². The number of pyridine rings is 1. The molecule has 0 fully saturated rings. The van der Waals surface area contributed by atoms with Gasteiger partial charge in [-0.25, -0.2) is 14.8 Å². The fraction of sp³-hybridized carbons (Fsp3) is 0.524. The summed E-state index contributed by atoms with van der Waals surface area (Å²) in [6, 6.07) is 4.00. The maximum Gasteiger partial charge on any atom is 0.350 e. The van der Waals surface area contributed by atoms with E-state index in [1.54, 1.807) is 14.0 Å². The largest absolute Gasteiger partial charge is 0.462 e. The fourth-order valence-corrected chi connectivity index (χ4v) is 3.85. The second-order valence-corrected chi connectivity index (χ2v) is 7.71. The minimum Gasteiger partial charge on any atom is -0.462 e. The molecule has 2 aromatic heterocycles. The van der Waals surface area contributed by atoms with Gasteiger partial charge in [-0.1, -0.05) is 6.07 Å².